The Bertz CT molecular complexity index is 1030. The molecule has 0 N–H and O–H groups in total. The minimum absolute atomic E-state index is 0.146. The van der Waals surface area contributed by atoms with Crippen molar-refractivity contribution in [3.63, 3.8) is 0 Å². The van der Waals surface area contributed by atoms with E-state index in [2.05, 4.69) is 34.8 Å². The Labute approximate surface area is 183 Å². The lowest BCUT2D eigenvalue weighted by Crippen LogP contribution is -2.47. The number of fused-ring (bicyclic) bond motifs is 1. The average molecular weight is 423 g/mol. The van der Waals surface area contributed by atoms with E-state index in [9.17, 15) is 10.1 Å². The molecule has 2 aliphatic heterocycles. The van der Waals surface area contributed by atoms with Crippen LogP contribution in [0.3, 0.4) is 0 Å². The first kappa shape index (κ1) is 21.5. The number of hydrogen-bond donors (Lipinski definition) is 0. The van der Waals surface area contributed by atoms with Crippen molar-refractivity contribution in [3.05, 3.63) is 30.4 Å². The Morgan fingerprint density at radius 1 is 1.26 bits per heavy atom. The standard InChI is InChI=1S/C23H30N6O2/c1-23(2,28-12-8-17(15-28)31-3)21(29-16-26-19-14-25-9-7-20(19)29)18(13-24)22(30)27-10-5-4-6-11-27/h7,9,14,16-17H,4-6,8,10-12,15H2,1-3H3/t17-/m1/s1. The first-order chi connectivity index (χ1) is 15.0. The van der Waals surface area contributed by atoms with E-state index >= 15 is 0 Å². The molecule has 1 amide bonds. The van der Waals surface area contributed by atoms with E-state index in [1.54, 1.807) is 25.8 Å². The highest BCUT2D eigenvalue weighted by atomic mass is 16.5. The molecule has 0 aromatic carbocycles. The molecule has 0 saturated carbocycles. The maximum atomic E-state index is 13.5. The zero-order chi connectivity index (χ0) is 22.0. The molecule has 2 fully saturated rings. The molecule has 0 spiro atoms. The van der Waals surface area contributed by atoms with Crippen LogP contribution in [0.2, 0.25) is 0 Å². The number of nitriles is 1. The predicted molar refractivity (Wildman–Crippen MR) is 118 cm³/mol. The largest absolute Gasteiger partial charge is 0.380 e. The normalized spacial score (nSPS) is 21.2. The van der Waals surface area contributed by atoms with Crippen molar-refractivity contribution in [2.75, 3.05) is 33.3 Å². The number of piperidine rings is 1. The van der Waals surface area contributed by atoms with Gasteiger partial charge in [-0.1, -0.05) is 0 Å². The molecule has 1 atom stereocenters. The summed E-state index contributed by atoms with van der Waals surface area (Å²) in [6.45, 7) is 7.13. The van der Waals surface area contributed by atoms with Gasteiger partial charge >= 0.3 is 0 Å². The van der Waals surface area contributed by atoms with E-state index in [-0.39, 0.29) is 17.6 Å². The van der Waals surface area contributed by atoms with E-state index < -0.39 is 5.54 Å². The average Bonchev–Trinajstić information content (AvgIpc) is 3.45. The predicted octanol–water partition coefficient (Wildman–Crippen LogP) is 2.68. The van der Waals surface area contributed by atoms with Gasteiger partial charge in [0.1, 0.15) is 23.5 Å². The van der Waals surface area contributed by atoms with Crippen LogP contribution < -0.4 is 0 Å². The Hall–Kier alpha value is -2.76. The molecule has 0 bridgehead atoms. The summed E-state index contributed by atoms with van der Waals surface area (Å²) in [7, 11) is 1.73. The molecule has 31 heavy (non-hydrogen) atoms. The lowest BCUT2D eigenvalue weighted by molar-refractivity contribution is -0.127. The van der Waals surface area contributed by atoms with E-state index in [1.165, 1.54) is 0 Å². The van der Waals surface area contributed by atoms with Crippen molar-refractivity contribution in [1.82, 2.24) is 24.3 Å². The lowest BCUT2D eigenvalue weighted by Gasteiger charge is -2.39. The SMILES string of the molecule is CO[C@@H]1CCN(C(C)(C)C(=C(C#N)C(=O)N2CCCCC2)n2cnc3cnccc32)C1. The Balaban J connectivity index is 1.87. The second-order valence-electron chi connectivity index (χ2n) is 8.82. The summed E-state index contributed by atoms with van der Waals surface area (Å²) in [5.74, 6) is -0.191. The Morgan fingerprint density at radius 3 is 2.71 bits per heavy atom. The molecule has 4 rings (SSSR count). The van der Waals surface area contributed by atoms with Gasteiger partial charge in [-0.15, -0.1) is 0 Å². The van der Waals surface area contributed by atoms with Crippen molar-refractivity contribution in [3.8, 4) is 6.07 Å². The number of imidazole rings is 1. The van der Waals surface area contributed by atoms with Crippen LogP contribution in [0.25, 0.3) is 16.7 Å². The molecular weight excluding hydrogens is 392 g/mol. The van der Waals surface area contributed by atoms with Gasteiger partial charge in [-0.25, -0.2) is 4.98 Å². The van der Waals surface area contributed by atoms with Gasteiger partial charge < -0.3 is 9.64 Å². The molecule has 0 aliphatic carbocycles. The van der Waals surface area contributed by atoms with Crippen LogP contribution in [0, 0.1) is 11.3 Å². The van der Waals surface area contributed by atoms with Gasteiger partial charge in [-0.05, 0) is 45.6 Å². The summed E-state index contributed by atoms with van der Waals surface area (Å²) in [6.07, 6.45) is 9.26. The third kappa shape index (κ3) is 3.95. The summed E-state index contributed by atoms with van der Waals surface area (Å²) in [5, 5.41) is 10.2. The molecule has 4 heterocycles. The summed E-state index contributed by atoms with van der Waals surface area (Å²) in [5.41, 5.74) is 1.83. The molecule has 2 aromatic rings. The van der Waals surface area contributed by atoms with Gasteiger partial charge in [0.25, 0.3) is 5.91 Å². The van der Waals surface area contributed by atoms with E-state index in [4.69, 9.17) is 4.74 Å². The number of nitrogens with zero attached hydrogens (tertiary/aromatic N) is 6. The van der Waals surface area contributed by atoms with Gasteiger partial charge in [0.05, 0.1) is 29.1 Å². The summed E-state index contributed by atoms with van der Waals surface area (Å²) in [4.78, 5) is 26.3. The third-order valence-corrected chi connectivity index (χ3v) is 6.64. The van der Waals surface area contributed by atoms with Crippen LogP contribution in [0.15, 0.2) is 30.4 Å². The molecule has 2 aromatic heterocycles. The molecule has 8 nitrogen and oxygen atoms in total. The first-order valence-corrected chi connectivity index (χ1v) is 11.0. The van der Waals surface area contributed by atoms with Crippen molar-refractivity contribution < 1.29 is 9.53 Å². The van der Waals surface area contributed by atoms with Crippen LogP contribution in [0.4, 0.5) is 0 Å². The lowest BCUT2D eigenvalue weighted by atomic mass is 9.92. The topological polar surface area (TPSA) is 87.3 Å². The third-order valence-electron chi connectivity index (χ3n) is 6.64. The highest BCUT2D eigenvalue weighted by Crippen LogP contribution is 2.36. The maximum absolute atomic E-state index is 13.5. The van der Waals surface area contributed by atoms with E-state index in [0.717, 1.165) is 49.8 Å². The number of hydrogen-bond acceptors (Lipinski definition) is 6. The quantitative estimate of drug-likeness (QED) is 0.544. The van der Waals surface area contributed by atoms with Gasteiger partial charge in [0, 0.05) is 39.5 Å². The van der Waals surface area contributed by atoms with Gasteiger partial charge in [-0.2, -0.15) is 5.26 Å². The Morgan fingerprint density at radius 2 is 2.03 bits per heavy atom. The van der Waals surface area contributed by atoms with Gasteiger partial charge in [-0.3, -0.25) is 19.2 Å². The number of ether oxygens (including phenoxy) is 1. The summed E-state index contributed by atoms with van der Waals surface area (Å²) >= 11 is 0. The molecular formula is C23H30N6O2. The second kappa shape index (κ2) is 8.77. The number of rotatable bonds is 5. The van der Waals surface area contributed by atoms with E-state index in [1.807, 2.05) is 15.5 Å². The van der Waals surface area contributed by atoms with Crippen LogP contribution in [0.1, 0.15) is 39.5 Å². The van der Waals surface area contributed by atoms with Crippen LogP contribution >= 0.6 is 0 Å². The molecule has 164 valence electrons. The summed E-state index contributed by atoms with van der Waals surface area (Å²) in [6, 6.07) is 4.15. The Kier molecular flexibility index (Phi) is 6.08. The first-order valence-electron chi connectivity index (χ1n) is 11.0. The number of pyridine rings is 1. The number of carbonyl (C=O) groups excluding carboxylic acids is 1. The van der Waals surface area contributed by atoms with Crippen molar-refractivity contribution in [1.29, 1.82) is 5.26 Å². The minimum Gasteiger partial charge on any atom is -0.380 e. The highest BCUT2D eigenvalue weighted by Gasteiger charge is 2.41. The number of amides is 1. The maximum Gasteiger partial charge on any atom is 0.266 e. The molecule has 2 aliphatic rings. The fourth-order valence-electron chi connectivity index (χ4n) is 4.80. The van der Waals surface area contributed by atoms with Crippen LogP contribution in [-0.2, 0) is 9.53 Å². The second-order valence-corrected chi connectivity index (χ2v) is 8.82. The van der Waals surface area contributed by atoms with Crippen molar-refractivity contribution in [2.24, 2.45) is 0 Å². The van der Waals surface area contributed by atoms with Crippen molar-refractivity contribution >= 4 is 22.6 Å². The molecule has 0 radical (unpaired) electrons. The van der Waals surface area contributed by atoms with Crippen molar-refractivity contribution in [2.45, 2.75) is 51.2 Å². The van der Waals surface area contributed by atoms with Crippen LogP contribution in [-0.4, -0.2) is 75.2 Å². The van der Waals surface area contributed by atoms with E-state index in [0.29, 0.717) is 18.8 Å². The summed E-state index contributed by atoms with van der Waals surface area (Å²) < 4.78 is 7.48. The monoisotopic (exact) mass is 422 g/mol. The zero-order valence-corrected chi connectivity index (χ0v) is 18.5. The number of likely N-dealkylation sites (tertiary alicyclic amines) is 2. The minimum atomic E-state index is -0.583. The highest BCUT2D eigenvalue weighted by molar-refractivity contribution is 6.04. The zero-order valence-electron chi connectivity index (χ0n) is 18.5. The number of carbonyl (C=O) groups is 1. The molecule has 0 unspecified atom stereocenters. The fraction of sp³-hybridized carbons (Fsp3) is 0.565. The molecule has 8 heteroatoms. The fourth-order valence-corrected chi connectivity index (χ4v) is 4.80. The molecule has 2 saturated heterocycles. The van der Waals surface area contributed by atoms with Crippen LogP contribution in [0.5, 0.6) is 0 Å². The van der Waals surface area contributed by atoms with Gasteiger partial charge in [0.15, 0.2) is 0 Å². The smallest absolute Gasteiger partial charge is 0.266 e. The van der Waals surface area contributed by atoms with Gasteiger partial charge in [0.2, 0.25) is 0 Å². The number of aromatic nitrogens is 3. The number of methoxy groups -OCH3 is 1.